The van der Waals surface area contributed by atoms with Crippen LogP contribution in [0.25, 0.3) is 0 Å². The van der Waals surface area contributed by atoms with E-state index >= 15 is 0 Å². The van der Waals surface area contributed by atoms with Gasteiger partial charge in [0.25, 0.3) is 0 Å². The lowest BCUT2D eigenvalue weighted by atomic mass is 10.1. The Bertz CT molecular complexity index is 489. The second kappa shape index (κ2) is 7.31. The summed E-state index contributed by atoms with van der Waals surface area (Å²) in [6.45, 7) is 1.40. The van der Waals surface area contributed by atoms with Crippen LogP contribution in [0.4, 0.5) is 0 Å². The van der Waals surface area contributed by atoms with E-state index in [0.29, 0.717) is 13.0 Å². The highest BCUT2D eigenvalue weighted by Crippen LogP contribution is 2.28. The van der Waals surface area contributed by atoms with Crippen LogP contribution in [0.5, 0.6) is 11.5 Å². The minimum Gasteiger partial charge on any atom is -0.497 e. The topological polar surface area (TPSA) is 59.0 Å². The van der Waals surface area contributed by atoms with E-state index in [1.165, 1.54) is 0 Å². The van der Waals surface area contributed by atoms with Crippen LogP contribution in [0.3, 0.4) is 0 Å². The maximum atomic E-state index is 11.5. The molecule has 0 aromatic heterocycles. The minimum absolute atomic E-state index is 0.403. The highest BCUT2D eigenvalue weighted by Gasteiger charge is 2.27. The lowest BCUT2D eigenvalue weighted by Gasteiger charge is -2.27. The third kappa shape index (κ3) is 3.88. The van der Waals surface area contributed by atoms with Crippen LogP contribution >= 0.6 is 0 Å². The maximum absolute atomic E-state index is 11.5. The van der Waals surface area contributed by atoms with Gasteiger partial charge >= 0.3 is 5.97 Å². The summed E-state index contributed by atoms with van der Waals surface area (Å²) in [5.74, 6) is 0.744. The molecule has 5 nitrogen and oxygen atoms in total. The molecule has 0 spiro atoms. The number of methoxy groups -OCH3 is 2. The highest BCUT2D eigenvalue weighted by molar-refractivity contribution is 5.73. The summed E-state index contributed by atoms with van der Waals surface area (Å²) >= 11 is 0. The predicted octanol–water partition coefficient (Wildman–Crippen LogP) is 2.53. The van der Waals surface area contributed by atoms with Crippen LogP contribution in [0.1, 0.15) is 31.2 Å². The fraction of sp³-hybridized carbons (Fsp3) is 0.562. The Morgan fingerprint density at radius 1 is 1.29 bits per heavy atom. The van der Waals surface area contributed by atoms with Gasteiger partial charge in [-0.1, -0.05) is 18.9 Å². The van der Waals surface area contributed by atoms with Crippen LogP contribution in [-0.2, 0) is 11.3 Å². The predicted molar refractivity (Wildman–Crippen MR) is 79.8 cm³/mol. The Labute approximate surface area is 125 Å². The van der Waals surface area contributed by atoms with Crippen molar-refractivity contribution in [2.45, 2.75) is 38.3 Å². The molecule has 0 amide bonds. The number of nitrogens with zero attached hydrogens (tertiary/aromatic N) is 1. The molecule has 0 radical (unpaired) electrons. The molecule has 1 saturated heterocycles. The second-order valence-electron chi connectivity index (χ2n) is 5.35. The normalized spacial score (nSPS) is 19.8. The largest absolute Gasteiger partial charge is 0.497 e. The monoisotopic (exact) mass is 293 g/mol. The number of carboxylic acid groups (broad SMARTS) is 1. The number of hydrogen-bond acceptors (Lipinski definition) is 4. The van der Waals surface area contributed by atoms with Gasteiger partial charge in [-0.05, 0) is 25.5 Å². The Kier molecular flexibility index (Phi) is 5.44. The van der Waals surface area contributed by atoms with E-state index in [-0.39, 0.29) is 0 Å². The zero-order chi connectivity index (χ0) is 15.2. The maximum Gasteiger partial charge on any atom is 0.320 e. The number of rotatable bonds is 5. The van der Waals surface area contributed by atoms with Gasteiger partial charge in [0.15, 0.2) is 0 Å². The molecule has 21 heavy (non-hydrogen) atoms. The summed E-state index contributed by atoms with van der Waals surface area (Å²) in [4.78, 5) is 13.5. The summed E-state index contributed by atoms with van der Waals surface area (Å²) < 4.78 is 10.6. The van der Waals surface area contributed by atoms with Gasteiger partial charge in [0.05, 0.1) is 14.2 Å². The van der Waals surface area contributed by atoms with Crippen LogP contribution in [0, 0.1) is 0 Å². The third-order valence-electron chi connectivity index (χ3n) is 4.02. The standard InChI is InChI=1S/C16H23NO4/c1-20-13-8-7-12(15(10-13)21-2)11-17-9-5-3-4-6-14(17)16(18)19/h7-8,10,14H,3-6,9,11H2,1-2H3,(H,18,19). The van der Waals surface area contributed by atoms with E-state index in [9.17, 15) is 9.90 Å². The molecule has 0 saturated carbocycles. The molecule has 1 atom stereocenters. The number of benzene rings is 1. The molecule has 1 unspecified atom stereocenters. The first-order valence-electron chi connectivity index (χ1n) is 7.33. The molecule has 1 aliphatic rings. The van der Waals surface area contributed by atoms with E-state index in [1.54, 1.807) is 14.2 Å². The Morgan fingerprint density at radius 2 is 2.10 bits per heavy atom. The summed E-state index contributed by atoms with van der Waals surface area (Å²) in [7, 11) is 3.24. The van der Waals surface area contributed by atoms with Crippen molar-refractivity contribution < 1.29 is 19.4 Å². The van der Waals surface area contributed by atoms with Crippen LogP contribution in [-0.4, -0.2) is 42.8 Å². The first-order chi connectivity index (χ1) is 10.2. The summed E-state index contributed by atoms with van der Waals surface area (Å²) in [6.07, 6.45) is 3.84. The molecule has 2 rings (SSSR count). The molecule has 116 valence electrons. The molecule has 1 N–H and O–H groups in total. The summed E-state index contributed by atoms with van der Waals surface area (Å²) in [5.41, 5.74) is 0.992. The lowest BCUT2D eigenvalue weighted by molar-refractivity contribution is -0.143. The van der Waals surface area contributed by atoms with E-state index in [0.717, 1.165) is 42.9 Å². The molecule has 1 aromatic rings. The molecule has 5 heteroatoms. The van der Waals surface area contributed by atoms with Gasteiger partial charge in [0.1, 0.15) is 17.5 Å². The van der Waals surface area contributed by atoms with Crippen LogP contribution in [0.15, 0.2) is 18.2 Å². The van der Waals surface area contributed by atoms with Crippen molar-refractivity contribution in [3.63, 3.8) is 0 Å². The van der Waals surface area contributed by atoms with E-state index in [1.807, 2.05) is 23.1 Å². The van der Waals surface area contributed by atoms with Gasteiger partial charge in [-0.2, -0.15) is 0 Å². The molecule has 0 aliphatic carbocycles. The van der Waals surface area contributed by atoms with Gasteiger partial charge in [-0.25, -0.2) is 0 Å². The van der Waals surface area contributed by atoms with Gasteiger partial charge < -0.3 is 14.6 Å². The number of carboxylic acids is 1. The Balaban J connectivity index is 2.19. The number of aliphatic carboxylic acids is 1. The molecule has 1 heterocycles. The molecule has 0 bridgehead atoms. The van der Waals surface area contributed by atoms with Crippen molar-refractivity contribution in [1.29, 1.82) is 0 Å². The van der Waals surface area contributed by atoms with Crippen molar-refractivity contribution in [2.24, 2.45) is 0 Å². The third-order valence-corrected chi connectivity index (χ3v) is 4.02. The molecule has 1 fully saturated rings. The van der Waals surface area contributed by atoms with Gasteiger partial charge in [0.2, 0.25) is 0 Å². The van der Waals surface area contributed by atoms with Crippen molar-refractivity contribution in [2.75, 3.05) is 20.8 Å². The molecule has 1 aromatic carbocycles. The van der Waals surface area contributed by atoms with E-state index < -0.39 is 12.0 Å². The van der Waals surface area contributed by atoms with Gasteiger partial charge in [0, 0.05) is 18.2 Å². The van der Waals surface area contributed by atoms with Gasteiger partial charge in [-0.15, -0.1) is 0 Å². The fourth-order valence-electron chi connectivity index (χ4n) is 2.84. The van der Waals surface area contributed by atoms with Crippen molar-refractivity contribution in [3.05, 3.63) is 23.8 Å². The van der Waals surface area contributed by atoms with Gasteiger partial charge in [-0.3, -0.25) is 9.69 Å². The van der Waals surface area contributed by atoms with Crippen LogP contribution < -0.4 is 9.47 Å². The highest BCUT2D eigenvalue weighted by atomic mass is 16.5. The number of ether oxygens (including phenoxy) is 2. The van der Waals surface area contributed by atoms with Crippen molar-refractivity contribution >= 4 is 5.97 Å². The second-order valence-corrected chi connectivity index (χ2v) is 5.35. The van der Waals surface area contributed by atoms with Crippen LogP contribution in [0.2, 0.25) is 0 Å². The average molecular weight is 293 g/mol. The zero-order valence-corrected chi connectivity index (χ0v) is 12.7. The first kappa shape index (κ1) is 15.6. The minimum atomic E-state index is -0.732. The quantitative estimate of drug-likeness (QED) is 0.904. The number of carbonyl (C=O) groups is 1. The Hall–Kier alpha value is -1.75. The molecule has 1 aliphatic heterocycles. The smallest absolute Gasteiger partial charge is 0.320 e. The van der Waals surface area contributed by atoms with Crippen molar-refractivity contribution in [3.8, 4) is 11.5 Å². The first-order valence-corrected chi connectivity index (χ1v) is 7.33. The van der Waals surface area contributed by atoms with E-state index in [4.69, 9.17) is 9.47 Å². The summed E-state index contributed by atoms with van der Waals surface area (Å²) in [5, 5.41) is 9.43. The summed E-state index contributed by atoms with van der Waals surface area (Å²) in [6, 6.07) is 5.26. The zero-order valence-electron chi connectivity index (χ0n) is 12.7. The lowest BCUT2D eigenvalue weighted by Crippen LogP contribution is -2.40. The van der Waals surface area contributed by atoms with Crippen molar-refractivity contribution in [1.82, 2.24) is 4.90 Å². The molecular formula is C16H23NO4. The fourth-order valence-corrected chi connectivity index (χ4v) is 2.84. The average Bonchev–Trinajstić information content (AvgIpc) is 2.73. The number of hydrogen-bond donors (Lipinski definition) is 1. The Morgan fingerprint density at radius 3 is 2.76 bits per heavy atom. The van der Waals surface area contributed by atoms with E-state index in [2.05, 4.69) is 0 Å². The SMILES string of the molecule is COc1ccc(CN2CCCCCC2C(=O)O)c(OC)c1. The number of likely N-dealkylation sites (tertiary alicyclic amines) is 1. The molecular weight excluding hydrogens is 270 g/mol.